The van der Waals surface area contributed by atoms with E-state index in [1.165, 1.54) is 0 Å². The third-order valence-corrected chi connectivity index (χ3v) is 0. The third-order valence-electron chi connectivity index (χ3n) is 0. The molecule has 28 valence electrons. The molecule has 0 rings (SSSR count). The molecular weight excluding hydrogens is 183 g/mol. The van der Waals surface area contributed by atoms with Gasteiger partial charge in [-0.25, -0.2) is 0 Å². The van der Waals surface area contributed by atoms with E-state index in [9.17, 15) is 0 Å². The Bertz CT molecular complexity index is 10.8. The fraction of sp³-hybridized carbons (Fsp3) is 1.00. The molecule has 0 bridgehead atoms. The first kappa shape index (κ1) is 5.08. The molecule has 0 saturated heterocycles. The van der Waals surface area contributed by atoms with Gasteiger partial charge in [0, 0.05) is 0 Å². The van der Waals surface area contributed by atoms with Gasteiger partial charge in [0.1, 0.15) is 0 Å². The van der Waals surface area contributed by atoms with Gasteiger partial charge in [0.15, 0.2) is 0 Å². The molecule has 0 N–H and O–H groups in total. The fourth-order valence-corrected chi connectivity index (χ4v) is 0. The van der Waals surface area contributed by atoms with E-state index in [2.05, 4.69) is 19.7 Å². The van der Waals surface area contributed by atoms with Gasteiger partial charge in [0.25, 0.3) is 0 Å². The Hall–Kier alpha value is 1.08. The molecule has 0 radical (unpaired) electrons. The summed E-state index contributed by atoms with van der Waals surface area (Å²) in [6.45, 7) is 0. The van der Waals surface area contributed by atoms with Gasteiger partial charge >= 0.3 is 38.1 Å². The van der Waals surface area contributed by atoms with Gasteiger partial charge in [0.2, 0.25) is 0 Å². The maximum atomic E-state index is 4.12. The van der Waals surface area contributed by atoms with E-state index < -0.39 is 18.4 Å². The van der Waals surface area contributed by atoms with Gasteiger partial charge < -0.3 is 0 Å². The van der Waals surface area contributed by atoms with E-state index >= 15 is 0 Å². The van der Waals surface area contributed by atoms with Crippen LogP contribution >= 0.6 is 28.2 Å². The zero-order chi connectivity index (χ0) is 3.58. The molecule has 0 nitrogen and oxygen atoms in total. The Morgan fingerprint density at radius 3 is 1.50 bits per heavy atom. The number of hydrogen-bond donors (Lipinski definition) is 1. The van der Waals surface area contributed by atoms with Crippen molar-refractivity contribution < 1.29 is 0 Å². The van der Waals surface area contributed by atoms with E-state index in [0.29, 0.717) is 0 Å². The van der Waals surface area contributed by atoms with Crippen molar-refractivity contribution in [3.05, 3.63) is 0 Å². The quantitative estimate of drug-likeness (QED) is 0.334. The molecule has 0 amide bonds. The van der Waals surface area contributed by atoms with E-state index in [1.54, 1.807) is 0 Å². The second-order valence-corrected chi connectivity index (χ2v) is 9.34. The Labute approximate surface area is 38.2 Å². The van der Waals surface area contributed by atoms with Crippen LogP contribution in [-0.2, 0) is 0 Å². The molecule has 0 aliphatic carbocycles. The van der Waals surface area contributed by atoms with Crippen LogP contribution in [0, 0.1) is 0 Å². The van der Waals surface area contributed by atoms with Crippen molar-refractivity contribution >= 4 is 28.2 Å². The van der Waals surface area contributed by atoms with E-state index in [4.69, 9.17) is 0 Å². The SMILES string of the molecule is CI(C)S. The van der Waals surface area contributed by atoms with Crippen LogP contribution in [0.3, 0.4) is 0 Å². The topological polar surface area (TPSA) is 0 Å². The molecular formula is C2H7IS. The van der Waals surface area contributed by atoms with E-state index in [0.717, 1.165) is 0 Å². The minimum absolute atomic E-state index is 0.569. The van der Waals surface area contributed by atoms with Crippen molar-refractivity contribution in [1.29, 1.82) is 0 Å². The van der Waals surface area contributed by atoms with Crippen molar-refractivity contribution in [3.8, 4) is 0 Å². The summed E-state index contributed by atoms with van der Waals surface area (Å²) >= 11 is -0.569. The first-order valence-electron chi connectivity index (χ1n) is 0.925. The monoisotopic (exact) mass is 190 g/mol. The summed E-state index contributed by atoms with van der Waals surface area (Å²) in [6.07, 6.45) is 0. The van der Waals surface area contributed by atoms with Gasteiger partial charge in [-0.2, -0.15) is 0 Å². The third kappa shape index (κ3) is 11.4. The molecule has 0 aliphatic heterocycles. The zero-order valence-electron chi connectivity index (χ0n) is 2.83. The molecule has 0 unspecified atom stereocenters. The summed E-state index contributed by atoms with van der Waals surface area (Å²) in [5, 5.41) is 0. The van der Waals surface area contributed by atoms with Crippen molar-refractivity contribution in [3.63, 3.8) is 0 Å². The summed E-state index contributed by atoms with van der Waals surface area (Å²) in [7, 11) is 4.12. The Morgan fingerprint density at radius 1 is 1.50 bits per heavy atom. The number of alkyl halides is 2. The molecule has 0 aliphatic rings. The molecule has 4 heavy (non-hydrogen) atoms. The average molecular weight is 190 g/mol. The van der Waals surface area contributed by atoms with Crippen LogP contribution in [0.25, 0.3) is 0 Å². The van der Waals surface area contributed by atoms with Gasteiger partial charge in [-0.15, -0.1) is 0 Å². The van der Waals surface area contributed by atoms with Gasteiger partial charge in [-0.3, -0.25) is 0 Å². The molecule has 0 heterocycles. The maximum absolute atomic E-state index is 4.12. The summed E-state index contributed by atoms with van der Waals surface area (Å²) in [5.74, 6) is 0. The Morgan fingerprint density at radius 2 is 1.50 bits per heavy atom. The summed E-state index contributed by atoms with van der Waals surface area (Å²) in [5.41, 5.74) is 0. The molecule has 0 saturated carbocycles. The average Bonchev–Trinajstić information content (AvgIpc) is 0.811. The Kier molecular flexibility index (Phi) is 2.95. The number of halogens is 1. The van der Waals surface area contributed by atoms with Crippen molar-refractivity contribution in [2.45, 2.75) is 0 Å². The second kappa shape index (κ2) is 2.33. The van der Waals surface area contributed by atoms with Crippen LogP contribution in [0.5, 0.6) is 0 Å². The normalized spacial score (nSPS) is 11.2. The van der Waals surface area contributed by atoms with Crippen LogP contribution < -0.4 is 0 Å². The van der Waals surface area contributed by atoms with Crippen molar-refractivity contribution in [2.75, 3.05) is 9.86 Å². The molecule has 0 spiro atoms. The first-order valence-corrected chi connectivity index (χ1v) is 8.47. The van der Waals surface area contributed by atoms with Crippen LogP contribution in [0.4, 0.5) is 0 Å². The van der Waals surface area contributed by atoms with Crippen molar-refractivity contribution in [2.24, 2.45) is 0 Å². The predicted molar refractivity (Wildman–Crippen MR) is 34.9 cm³/mol. The molecule has 0 atom stereocenters. The van der Waals surface area contributed by atoms with Crippen molar-refractivity contribution in [1.82, 2.24) is 0 Å². The van der Waals surface area contributed by atoms with Gasteiger partial charge in [0.05, 0.1) is 0 Å². The Balaban J connectivity index is 2.32. The van der Waals surface area contributed by atoms with Gasteiger partial charge in [-0.05, 0) is 0 Å². The second-order valence-electron chi connectivity index (χ2n) is 0.716. The number of hydrogen-bond acceptors (Lipinski definition) is 1. The zero-order valence-corrected chi connectivity index (χ0v) is 5.88. The standard InChI is InChI=1S/C2H7IS/c1-3(2)4/h4H,1-2H3. The fourth-order valence-electron chi connectivity index (χ4n) is 0. The van der Waals surface area contributed by atoms with Crippen LogP contribution in [-0.4, -0.2) is 9.86 Å². The first-order chi connectivity index (χ1) is 1.73. The summed E-state index contributed by atoms with van der Waals surface area (Å²) in [4.78, 5) is 4.38. The molecule has 2 heteroatoms. The van der Waals surface area contributed by atoms with E-state index in [-0.39, 0.29) is 0 Å². The van der Waals surface area contributed by atoms with Crippen LogP contribution in [0.15, 0.2) is 0 Å². The van der Waals surface area contributed by atoms with Crippen LogP contribution in [0.2, 0.25) is 0 Å². The molecule has 0 fully saturated rings. The summed E-state index contributed by atoms with van der Waals surface area (Å²) in [6, 6.07) is 0. The molecule has 0 aromatic rings. The number of thiol groups is 1. The predicted octanol–water partition coefficient (Wildman–Crippen LogP) is 1.60. The van der Waals surface area contributed by atoms with Crippen LogP contribution in [0.1, 0.15) is 0 Å². The number of rotatable bonds is 0. The molecule has 0 aromatic carbocycles. The minimum atomic E-state index is -0.569. The molecule has 0 aromatic heterocycles. The van der Waals surface area contributed by atoms with Gasteiger partial charge in [-0.1, -0.05) is 0 Å². The van der Waals surface area contributed by atoms with E-state index in [1.807, 2.05) is 0 Å². The summed E-state index contributed by atoms with van der Waals surface area (Å²) < 4.78 is 0.